The maximum Gasteiger partial charge on any atom is 0.272 e. The van der Waals surface area contributed by atoms with Crippen LogP contribution in [0.1, 0.15) is 36.2 Å². The second kappa shape index (κ2) is 6.61. The number of carbonyl (C=O) groups is 1. The second-order valence-electron chi connectivity index (χ2n) is 6.09. The molecule has 1 heterocycles. The fraction of sp³-hybridized carbons (Fsp3) is 0.353. The highest BCUT2D eigenvalue weighted by atomic mass is 35.5. The van der Waals surface area contributed by atoms with Gasteiger partial charge in [0.15, 0.2) is 9.84 Å². The van der Waals surface area contributed by atoms with E-state index in [4.69, 9.17) is 11.6 Å². The van der Waals surface area contributed by atoms with E-state index in [0.29, 0.717) is 29.2 Å². The van der Waals surface area contributed by atoms with Crippen molar-refractivity contribution >= 4 is 33.0 Å². The van der Waals surface area contributed by atoms with Gasteiger partial charge in [0.1, 0.15) is 5.69 Å². The summed E-state index contributed by atoms with van der Waals surface area (Å²) < 4.78 is 27.0. The van der Waals surface area contributed by atoms with E-state index < -0.39 is 9.84 Å². The third-order valence-electron chi connectivity index (χ3n) is 4.37. The molecule has 1 aromatic heterocycles. The number of carbonyl (C=O) groups excluding carboxylic acids is 1. The van der Waals surface area contributed by atoms with Crippen LogP contribution in [0.15, 0.2) is 41.4 Å². The van der Waals surface area contributed by atoms with Gasteiger partial charge in [0.25, 0.3) is 5.91 Å². The highest BCUT2D eigenvalue weighted by Gasteiger charge is 2.30. The second-order valence-corrected chi connectivity index (χ2v) is 8.75. The van der Waals surface area contributed by atoms with Crippen molar-refractivity contribution in [2.24, 2.45) is 7.05 Å². The monoisotopic (exact) mass is 366 g/mol. The Morgan fingerprint density at radius 3 is 2.58 bits per heavy atom. The first-order valence-electron chi connectivity index (χ1n) is 7.85. The highest BCUT2D eigenvalue weighted by molar-refractivity contribution is 7.92. The Labute approximate surface area is 146 Å². The lowest BCUT2D eigenvalue weighted by Gasteiger charge is -2.13. The van der Waals surface area contributed by atoms with Crippen LogP contribution in [-0.2, 0) is 16.9 Å². The van der Waals surface area contributed by atoms with Crippen LogP contribution < -0.4 is 5.32 Å². The minimum Gasteiger partial charge on any atom is -0.345 e. The topological polar surface area (TPSA) is 68.2 Å². The molecule has 5 nitrogen and oxygen atoms in total. The molecule has 128 valence electrons. The summed E-state index contributed by atoms with van der Waals surface area (Å²) in [6, 6.07) is 8.00. The van der Waals surface area contributed by atoms with E-state index in [0.717, 1.165) is 12.8 Å². The summed E-state index contributed by atoms with van der Waals surface area (Å²) in [6.07, 6.45) is 4.96. The molecule has 0 radical (unpaired) electrons. The van der Waals surface area contributed by atoms with E-state index in [-0.39, 0.29) is 16.1 Å². The highest BCUT2D eigenvalue weighted by Crippen LogP contribution is 2.30. The number of sulfone groups is 1. The van der Waals surface area contributed by atoms with Crippen LogP contribution in [0, 0.1) is 0 Å². The van der Waals surface area contributed by atoms with E-state index in [2.05, 4.69) is 5.32 Å². The first-order valence-corrected chi connectivity index (χ1v) is 9.77. The largest absolute Gasteiger partial charge is 0.345 e. The van der Waals surface area contributed by atoms with Gasteiger partial charge in [0, 0.05) is 18.9 Å². The first kappa shape index (κ1) is 17.0. The number of benzene rings is 1. The van der Waals surface area contributed by atoms with E-state index >= 15 is 0 Å². The lowest BCUT2D eigenvalue weighted by molar-refractivity contribution is 0.101. The molecule has 7 heteroatoms. The van der Waals surface area contributed by atoms with Crippen LogP contribution in [0.5, 0.6) is 0 Å². The molecule has 0 atom stereocenters. The number of anilines is 1. The molecular weight excluding hydrogens is 348 g/mol. The molecule has 0 saturated heterocycles. The minimum absolute atomic E-state index is 0.261. The van der Waals surface area contributed by atoms with Gasteiger partial charge in [-0.3, -0.25) is 4.79 Å². The first-order chi connectivity index (χ1) is 11.4. The molecule has 1 amide bonds. The Hall–Kier alpha value is -1.79. The molecule has 0 aliphatic heterocycles. The smallest absolute Gasteiger partial charge is 0.272 e. The molecule has 0 spiro atoms. The van der Waals surface area contributed by atoms with Gasteiger partial charge in [-0.2, -0.15) is 0 Å². The average molecular weight is 367 g/mol. The normalized spacial score (nSPS) is 15.6. The zero-order chi connectivity index (χ0) is 17.3. The fourth-order valence-electron chi connectivity index (χ4n) is 3.09. The summed E-state index contributed by atoms with van der Waals surface area (Å²) in [5.41, 5.74) is 0.862. The van der Waals surface area contributed by atoms with Gasteiger partial charge in [0.2, 0.25) is 0 Å². The summed E-state index contributed by atoms with van der Waals surface area (Å²) in [7, 11) is -1.62. The Morgan fingerprint density at radius 2 is 1.96 bits per heavy atom. The quantitative estimate of drug-likeness (QED) is 0.898. The maximum absolute atomic E-state index is 12.7. The van der Waals surface area contributed by atoms with Crippen LogP contribution in [0.2, 0.25) is 5.02 Å². The average Bonchev–Trinajstić information content (AvgIpc) is 3.17. The number of hydrogen-bond acceptors (Lipinski definition) is 3. The van der Waals surface area contributed by atoms with Crippen molar-refractivity contribution in [3.8, 4) is 0 Å². The van der Waals surface area contributed by atoms with Crippen LogP contribution >= 0.6 is 11.6 Å². The predicted octanol–water partition coefficient (Wildman–Crippen LogP) is 3.65. The number of aromatic nitrogens is 1. The van der Waals surface area contributed by atoms with Crippen molar-refractivity contribution in [1.82, 2.24) is 4.57 Å². The number of rotatable bonds is 4. The van der Waals surface area contributed by atoms with Crippen molar-refractivity contribution in [3.63, 3.8) is 0 Å². The third kappa shape index (κ3) is 3.35. The van der Waals surface area contributed by atoms with Crippen molar-refractivity contribution in [1.29, 1.82) is 0 Å². The minimum atomic E-state index is -3.34. The maximum atomic E-state index is 12.7. The molecule has 1 saturated carbocycles. The number of amides is 1. The third-order valence-corrected chi connectivity index (χ3v) is 6.83. The van der Waals surface area contributed by atoms with Gasteiger partial charge < -0.3 is 9.88 Å². The Morgan fingerprint density at radius 1 is 1.25 bits per heavy atom. The molecular formula is C17H19ClN2O3S. The van der Waals surface area contributed by atoms with Crippen molar-refractivity contribution in [2.75, 3.05) is 5.32 Å². The van der Waals surface area contributed by atoms with E-state index in [1.807, 2.05) is 0 Å². The molecule has 0 bridgehead atoms. The molecule has 3 rings (SSSR count). The summed E-state index contributed by atoms with van der Waals surface area (Å²) in [5, 5.41) is 2.89. The van der Waals surface area contributed by atoms with Crippen molar-refractivity contribution in [3.05, 3.63) is 47.2 Å². The van der Waals surface area contributed by atoms with Gasteiger partial charge in [-0.1, -0.05) is 30.5 Å². The van der Waals surface area contributed by atoms with Crippen LogP contribution in [0.3, 0.4) is 0 Å². The van der Waals surface area contributed by atoms with Crippen LogP contribution in [0.25, 0.3) is 0 Å². The zero-order valence-corrected chi connectivity index (χ0v) is 14.9. The van der Waals surface area contributed by atoms with Gasteiger partial charge in [-0.15, -0.1) is 0 Å². The molecule has 0 unspecified atom stereocenters. The van der Waals surface area contributed by atoms with Crippen LogP contribution in [-0.4, -0.2) is 24.1 Å². The number of nitrogens with zero attached hydrogens (tertiary/aromatic N) is 1. The van der Waals surface area contributed by atoms with E-state index in [9.17, 15) is 13.2 Å². The molecule has 1 fully saturated rings. The summed E-state index contributed by atoms with van der Waals surface area (Å²) in [4.78, 5) is 12.6. The Kier molecular flexibility index (Phi) is 4.69. The van der Waals surface area contributed by atoms with Crippen molar-refractivity contribution < 1.29 is 13.2 Å². The predicted molar refractivity (Wildman–Crippen MR) is 94.3 cm³/mol. The molecule has 1 aliphatic rings. The van der Waals surface area contributed by atoms with Crippen molar-refractivity contribution in [2.45, 2.75) is 35.8 Å². The Bertz CT molecular complexity index is 868. The summed E-state index contributed by atoms with van der Waals surface area (Å²) >= 11 is 5.89. The lowest BCUT2D eigenvalue weighted by atomic mass is 10.3. The number of halogens is 1. The van der Waals surface area contributed by atoms with E-state index in [1.54, 1.807) is 42.1 Å². The number of aryl methyl sites for hydroxylation is 1. The molecule has 1 aromatic carbocycles. The van der Waals surface area contributed by atoms with Gasteiger partial charge in [-0.05, 0) is 37.1 Å². The standard InChI is InChI=1S/C17H19ClN2O3S/c1-20-11-12(18)9-16(20)17(21)19-13-5-4-8-15(10-13)24(22,23)14-6-2-3-7-14/h4-5,8-11,14H,2-3,6-7H2,1H3,(H,19,21). The number of hydrogen-bond donors (Lipinski definition) is 1. The fourth-order valence-corrected chi connectivity index (χ4v) is 5.24. The molecule has 2 aromatic rings. The summed E-state index contributed by atoms with van der Waals surface area (Å²) in [6.45, 7) is 0. The lowest BCUT2D eigenvalue weighted by Crippen LogP contribution is -2.19. The zero-order valence-electron chi connectivity index (χ0n) is 13.3. The van der Waals surface area contributed by atoms with Gasteiger partial charge in [0.05, 0.1) is 15.2 Å². The van der Waals surface area contributed by atoms with Gasteiger partial charge in [-0.25, -0.2) is 8.42 Å². The van der Waals surface area contributed by atoms with Crippen LogP contribution in [0.4, 0.5) is 5.69 Å². The molecule has 24 heavy (non-hydrogen) atoms. The number of nitrogens with one attached hydrogen (secondary N) is 1. The summed E-state index contributed by atoms with van der Waals surface area (Å²) in [5.74, 6) is -0.334. The Balaban J connectivity index is 1.83. The van der Waals surface area contributed by atoms with E-state index in [1.165, 1.54) is 6.07 Å². The molecule has 1 aliphatic carbocycles. The molecule has 1 N–H and O–H groups in total. The SMILES string of the molecule is Cn1cc(Cl)cc1C(=O)Nc1cccc(S(=O)(=O)C2CCCC2)c1. The van der Waals surface area contributed by atoms with Gasteiger partial charge >= 0.3 is 0 Å².